The van der Waals surface area contributed by atoms with E-state index in [2.05, 4.69) is 0 Å². The van der Waals surface area contributed by atoms with Crippen molar-refractivity contribution in [2.24, 2.45) is 0 Å². The third-order valence-electron chi connectivity index (χ3n) is 3.03. The lowest BCUT2D eigenvalue weighted by molar-refractivity contribution is -0.0142. The van der Waals surface area contributed by atoms with Gasteiger partial charge in [-0.05, 0) is 26.7 Å². The second kappa shape index (κ2) is 6.11. The van der Waals surface area contributed by atoms with Crippen LogP contribution in [0.2, 0.25) is 0 Å². The molecule has 0 unspecified atom stereocenters. The van der Waals surface area contributed by atoms with Crippen molar-refractivity contribution in [3.05, 3.63) is 0 Å². The molecular weight excluding hydrogens is 190 g/mol. The Morgan fingerprint density at radius 1 is 1.07 bits per heavy atom. The molecule has 15 heavy (non-hydrogen) atoms. The van der Waals surface area contributed by atoms with E-state index in [1.54, 1.807) is 0 Å². The molecule has 1 N–H and O–H groups in total. The highest BCUT2D eigenvalue weighted by atomic mass is 16.5. The Bertz CT molecular complexity index is 196. The topological polar surface area (TPSA) is 42.3 Å². The quantitative estimate of drug-likeness (QED) is 0.443. The molecule has 0 atom stereocenters. The zero-order valence-electron chi connectivity index (χ0n) is 9.97. The number of rotatable bonds is 4. The summed E-state index contributed by atoms with van der Waals surface area (Å²) in [5.74, 6) is 0.341. The smallest absolute Gasteiger partial charge is 0.213 e. The molecule has 1 aliphatic rings. The van der Waals surface area contributed by atoms with Gasteiger partial charge in [-0.15, -0.1) is 0 Å². The Balaban J connectivity index is 2.69. The molecule has 1 saturated carbocycles. The van der Waals surface area contributed by atoms with Crippen LogP contribution in [0.4, 0.5) is 0 Å². The van der Waals surface area contributed by atoms with Gasteiger partial charge in [0.2, 0.25) is 5.90 Å². The molecule has 3 nitrogen and oxygen atoms in total. The minimum absolute atomic E-state index is 0.341. The lowest BCUT2D eigenvalue weighted by atomic mass is 9.94. The summed E-state index contributed by atoms with van der Waals surface area (Å²) >= 11 is 0. The van der Waals surface area contributed by atoms with Crippen LogP contribution < -0.4 is 0 Å². The van der Waals surface area contributed by atoms with Gasteiger partial charge in [-0.3, -0.25) is 5.41 Å². The average molecular weight is 213 g/mol. The van der Waals surface area contributed by atoms with Gasteiger partial charge in [0.15, 0.2) is 0 Å². The number of hydrogen-bond donors (Lipinski definition) is 1. The fourth-order valence-corrected chi connectivity index (χ4v) is 2.29. The molecular formula is C12H23NO2. The highest BCUT2D eigenvalue weighted by Crippen LogP contribution is 2.31. The van der Waals surface area contributed by atoms with Gasteiger partial charge in [0.05, 0.1) is 6.61 Å². The maximum atomic E-state index is 7.98. The first-order chi connectivity index (χ1) is 7.25. The van der Waals surface area contributed by atoms with Gasteiger partial charge in [-0.1, -0.05) is 25.7 Å². The maximum absolute atomic E-state index is 7.98. The molecule has 0 aliphatic heterocycles. The molecule has 0 radical (unpaired) electrons. The van der Waals surface area contributed by atoms with Gasteiger partial charge in [-0.2, -0.15) is 0 Å². The van der Waals surface area contributed by atoms with Gasteiger partial charge < -0.3 is 9.47 Å². The summed E-state index contributed by atoms with van der Waals surface area (Å²) < 4.78 is 11.2. The van der Waals surface area contributed by atoms with Crippen molar-refractivity contribution in [2.75, 3.05) is 13.2 Å². The van der Waals surface area contributed by atoms with E-state index < -0.39 is 5.60 Å². The standard InChI is InChI=1S/C12H23NO2/c1-3-14-11(13)12(15-4-2)9-7-5-6-8-10-12/h13H,3-10H2,1-2H3. The summed E-state index contributed by atoms with van der Waals surface area (Å²) in [4.78, 5) is 0. The Labute approximate surface area is 92.7 Å². The fraction of sp³-hybridized carbons (Fsp3) is 0.917. The first kappa shape index (κ1) is 12.5. The van der Waals surface area contributed by atoms with Crippen molar-refractivity contribution in [1.82, 2.24) is 0 Å². The third kappa shape index (κ3) is 3.20. The minimum Gasteiger partial charge on any atom is -0.479 e. The van der Waals surface area contributed by atoms with Crippen molar-refractivity contribution in [3.8, 4) is 0 Å². The van der Waals surface area contributed by atoms with Crippen LogP contribution in [0.5, 0.6) is 0 Å². The molecule has 0 bridgehead atoms. The second-order valence-electron chi connectivity index (χ2n) is 4.10. The van der Waals surface area contributed by atoms with E-state index in [1.807, 2.05) is 13.8 Å². The van der Waals surface area contributed by atoms with Crippen molar-refractivity contribution in [2.45, 2.75) is 58.0 Å². The van der Waals surface area contributed by atoms with E-state index in [0.717, 1.165) is 25.7 Å². The number of ether oxygens (including phenoxy) is 2. The van der Waals surface area contributed by atoms with Gasteiger partial charge >= 0.3 is 0 Å². The molecule has 0 aromatic rings. The van der Waals surface area contributed by atoms with Crippen LogP contribution in [0.1, 0.15) is 52.4 Å². The molecule has 0 spiro atoms. The van der Waals surface area contributed by atoms with Gasteiger partial charge in [-0.25, -0.2) is 0 Å². The molecule has 0 aromatic carbocycles. The Morgan fingerprint density at radius 3 is 2.13 bits per heavy atom. The van der Waals surface area contributed by atoms with Gasteiger partial charge in [0.25, 0.3) is 0 Å². The molecule has 1 aliphatic carbocycles. The molecule has 0 heterocycles. The first-order valence-corrected chi connectivity index (χ1v) is 6.11. The molecule has 1 fully saturated rings. The van der Waals surface area contributed by atoms with Crippen LogP contribution >= 0.6 is 0 Å². The predicted octanol–water partition coefficient (Wildman–Crippen LogP) is 3.13. The highest BCUT2D eigenvalue weighted by Gasteiger charge is 2.37. The summed E-state index contributed by atoms with van der Waals surface area (Å²) in [6.45, 7) is 5.14. The van der Waals surface area contributed by atoms with Crippen molar-refractivity contribution >= 4 is 5.90 Å². The summed E-state index contributed by atoms with van der Waals surface area (Å²) in [5, 5.41) is 7.98. The van der Waals surface area contributed by atoms with Crippen LogP contribution in [0.15, 0.2) is 0 Å². The second-order valence-corrected chi connectivity index (χ2v) is 4.10. The molecule has 88 valence electrons. The zero-order valence-corrected chi connectivity index (χ0v) is 9.97. The number of hydrogen-bond acceptors (Lipinski definition) is 3. The largest absolute Gasteiger partial charge is 0.479 e. The van der Waals surface area contributed by atoms with E-state index in [1.165, 1.54) is 12.8 Å². The minimum atomic E-state index is -0.415. The normalized spacial score (nSPS) is 20.7. The molecule has 3 heteroatoms. The molecule has 0 amide bonds. The lowest BCUT2D eigenvalue weighted by Crippen LogP contribution is -2.42. The zero-order chi connectivity index (χ0) is 11.1. The van der Waals surface area contributed by atoms with E-state index in [-0.39, 0.29) is 0 Å². The van der Waals surface area contributed by atoms with Crippen molar-refractivity contribution < 1.29 is 9.47 Å². The average Bonchev–Trinajstić information content (AvgIpc) is 2.45. The Morgan fingerprint density at radius 2 is 1.67 bits per heavy atom. The summed E-state index contributed by atoms with van der Waals surface area (Å²) in [7, 11) is 0. The van der Waals surface area contributed by atoms with Crippen LogP contribution in [-0.2, 0) is 9.47 Å². The molecule has 0 saturated heterocycles. The van der Waals surface area contributed by atoms with Crippen LogP contribution in [0.3, 0.4) is 0 Å². The van der Waals surface area contributed by atoms with Gasteiger partial charge in [0.1, 0.15) is 5.60 Å². The highest BCUT2D eigenvalue weighted by molar-refractivity contribution is 5.82. The number of nitrogens with one attached hydrogen (secondary N) is 1. The first-order valence-electron chi connectivity index (χ1n) is 6.11. The monoisotopic (exact) mass is 213 g/mol. The van der Waals surface area contributed by atoms with E-state index in [0.29, 0.717) is 19.1 Å². The van der Waals surface area contributed by atoms with E-state index >= 15 is 0 Å². The maximum Gasteiger partial charge on any atom is 0.213 e. The van der Waals surface area contributed by atoms with Crippen LogP contribution in [0, 0.1) is 5.41 Å². The third-order valence-corrected chi connectivity index (χ3v) is 3.03. The van der Waals surface area contributed by atoms with E-state index in [9.17, 15) is 0 Å². The van der Waals surface area contributed by atoms with E-state index in [4.69, 9.17) is 14.9 Å². The lowest BCUT2D eigenvalue weighted by Gasteiger charge is -2.32. The van der Waals surface area contributed by atoms with Crippen LogP contribution in [0.25, 0.3) is 0 Å². The van der Waals surface area contributed by atoms with Crippen molar-refractivity contribution in [1.29, 1.82) is 5.41 Å². The van der Waals surface area contributed by atoms with Crippen LogP contribution in [-0.4, -0.2) is 24.7 Å². The summed E-state index contributed by atoms with van der Waals surface area (Å²) in [6, 6.07) is 0. The van der Waals surface area contributed by atoms with Crippen molar-refractivity contribution in [3.63, 3.8) is 0 Å². The fourth-order valence-electron chi connectivity index (χ4n) is 2.29. The summed E-state index contributed by atoms with van der Waals surface area (Å²) in [6.07, 6.45) is 6.70. The Kier molecular flexibility index (Phi) is 5.09. The SMILES string of the molecule is CCOC(=N)C1(OCC)CCCCCC1. The molecule has 0 aromatic heterocycles. The molecule has 1 rings (SSSR count). The Hall–Kier alpha value is -0.570. The summed E-state index contributed by atoms with van der Waals surface area (Å²) in [5.41, 5.74) is -0.415. The predicted molar refractivity (Wildman–Crippen MR) is 61.4 cm³/mol. The van der Waals surface area contributed by atoms with Gasteiger partial charge in [0, 0.05) is 6.61 Å².